The highest BCUT2D eigenvalue weighted by molar-refractivity contribution is 7.22. The molecule has 0 atom stereocenters. The molecule has 0 amide bonds. The predicted octanol–water partition coefficient (Wildman–Crippen LogP) is 6.28. The first-order valence-corrected chi connectivity index (χ1v) is 9.98. The van der Waals surface area contributed by atoms with Crippen molar-refractivity contribution in [3.05, 3.63) is 47.0 Å². The number of phenolic OH excluding ortho intramolecular Hbond substituents is 1. The average molecular weight is 390 g/mol. The fourth-order valence-electron chi connectivity index (χ4n) is 2.49. The Morgan fingerprint density at radius 3 is 2.54 bits per heavy atom. The van der Waals surface area contributed by atoms with Gasteiger partial charge in [-0.05, 0) is 44.2 Å². The molecule has 3 aromatic rings. The molecule has 1 N–H and O–H groups in total. The number of benzene rings is 2. The third-order valence-electron chi connectivity index (χ3n) is 3.80. The number of aromatic hydroxyl groups is 1. The van der Waals surface area contributed by atoms with Crippen LogP contribution in [0.15, 0.2) is 41.4 Å². The average Bonchev–Trinajstić information content (AvgIpc) is 3.05. The largest absolute Gasteiger partial charge is 0.507 e. The molecule has 0 bridgehead atoms. The molecule has 4 nitrogen and oxygen atoms in total. The number of fused-ring (bicyclic) bond motifs is 1. The minimum atomic E-state index is 0.215. The summed E-state index contributed by atoms with van der Waals surface area (Å²) in [5.41, 5.74) is 2.55. The van der Waals surface area contributed by atoms with Crippen molar-refractivity contribution in [3.8, 4) is 5.75 Å². The summed E-state index contributed by atoms with van der Waals surface area (Å²) >= 11 is 7.46. The molecule has 26 heavy (non-hydrogen) atoms. The quantitative estimate of drug-likeness (QED) is 0.522. The first-order valence-electron chi connectivity index (χ1n) is 8.78. The molecule has 0 aliphatic heterocycles. The number of hydrogen-bond donors (Lipinski definition) is 1. The van der Waals surface area contributed by atoms with E-state index in [0.717, 1.165) is 29.0 Å². The molecular formula is C20H24ClN3OS. The van der Waals surface area contributed by atoms with Gasteiger partial charge in [0.2, 0.25) is 5.13 Å². The molecule has 0 saturated carbocycles. The van der Waals surface area contributed by atoms with Crippen LogP contribution >= 0.6 is 22.9 Å². The highest BCUT2D eigenvalue weighted by Crippen LogP contribution is 2.30. The highest BCUT2D eigenvalue weighted by atomic mass is 35.5. The minimum Gasteiger partial charge on any atom is -0.507 e. The van der Waals surface area contributed by atoms with E-state index in [-0.39, 0.29) is 5.75 Å². The van der Waals surface area contributed by atoms with E-state index >= 15 is 0 Å². The number of aliphatic imine (C=N–C) groups is 1. The molecule has 0 unspecified atom stereocenters. The van der Waals surface area contributed by atoms with Gasteiger partial charge in [0.15, 0.2) is 0 Å². The molecule has 0 radical (unpaired) electrons. The number of nitrogens with zero attached hydrogens (tertiary/aromatic N) is 3. The number of rotatable bonds is 5. The van der Waals surface area contributed by atoms with Gasteiger partial charge in [0, 0.05) is 41.6 Å². The van der Waals surface area contributed by atoms with Crippen LogP contribution in [0.25, 0.3) is 10.2 Å². The molecule has 0 aliphatic rings. The summed E-state index contributed by atoms with van der Waals surface area (Å²) in [6.45, 7) is 9.99. The van der Waals surface area contributed by atoms with Crippen LogP contribution in [0.1, 0.15) is 33.3 Å². The fourth-order valence-corrected chi connectivity index (χ4v) is 3.58. The standard InChI is InChI=1S/C18H18ClN3OS.C2H6/c1-3-22(4-2)14-7-5-12(16(23)10-14)11-20-18-21-15-8-6-13(19)9-17(15)24-18;1-2/h5-11,23H,3-4H2,1-2H3;1-2H3/b20-11+;. The maximum atomic E-state index is 10.2. The normalized spacial score (nSPS) is 10.8. The van der Waals surface area contributed by atoms with Crippen LogP contribution in [0.5, 0.6) is 5.75 Å². The summed E-state index contributed by atoms with van der Waals surface area (Å²) in [7, 11) is 0. The summed E-state index contributed by atoms with van der Waals surface area (Å²) in [4.78, 5) is 11.0. The summed E-state index contributed by atoms with van der Waals surface area (Å²) in [5, 5.41) is 11.6. The van der Waals surface area contributed by atoms with Crippen molar-refractivity contribution in [1.82, 2.24) is 4.98 Å². The molecular weight excluding hydrogens is 366 g/mol. The zero-order chi connectivity index (χ0) is 19.1. The number of phenols is 1. The SMILES string of the molecule is CC.CCN(CC)c1ccc(/C=N/c2nc3ccc(Cl)cc3s2)c(O)c1. The summed E-state index contributed by atoms with van der Waals surface area (Å²) in [6, 6.07) is 11.2. The van der Waals surface area contributed by atoms with E-state index in [1.807, 2.05) is 44.2 Å². The van der Waals surface area contributed by atoms with Crippen molar-refractivity contribution in [2.45, 2.75) is 27.7 Å². The van der Waals surface area contributed by atoms with Crippen LogP contribution in [-0.2, 0) is 0 Å². The van der Waals surface area contributed by atoms with Gasteiger partial charge in [0.1, 0.15) is 5.75 Å². The Bertz CT molecular complexity index is 888. The second-order valence-electron chi connectivity index (χ2n) is 5.28. The van der Waals surface area contributed by atoms with E-state index in [1.54, 1.807) is 12.3 Å². The van der Waals surface area contributed by atoms with E-state index in [4.69, 9.17) is 11.6 Å². The lowest BCUT2D eigenvalue weighted by Gasteiger charge is -2.21. The van der Waals surface area contributed by atoms with Crippen LogP contribution < -0.4 is 4.90 Å². The van der Waals surface area contributed by atoms with Gasteiger partial charge in [-0.1, -0.05) is 36.8 Å². The third-order valence-corrected chi connectivity index (χ3v) is 4.96. The van der Waals surface area contributed by atoms with Crippen molar-refractivity contribution in [2.24, 2.45) is 4.99 Å². The molecule has 0 spiro atoms. The van der Waals surface area contributed by atoms with Gasteiger partial charge in [0.25, 0.3) is 0 Å². The van der Waals surface area contributed by atoms with E-state index in [1.165, 1.54) is 11.3 Å². The van der Waals surface area contributed by atoms with Crippen LogP contribution in [-0.4, -0.2) is 29.4 Å². The van der Waals surface area contributed by atoms with E-state index in [0.29, 0.717) is 15.7 Å². The molecule has 0 saturated heterocycles. The number of thiazole rings is 1. The molecule has 0 fully saturated rings. The number of hydrogen-bond acceptors (Lipinski definition) is 5. The maximum Gasteiger partial charge on any atom is 0.210 e. The van der Waals surface area contributed by atoms with Gasteiger partial charge in [-0.3, -0.25) is 0 Å². The summed E-state index contributed by atoms with van der Waals surface area (Å²) < 4.78 is 0.996. The number of anilines is 1. The molecule has 1 aromatic heterocycles. The Kier molecular flexibility index (Phi) is 7.42. The van der Waals surface area contributed by atoms with Crippen molar-refractivity contribution >= 4 is 50.2 Å². The lowest BCUT2D eigenvalue weighted by molar-refractivity contribution is 0.474. The Balaban J connectivity index is 0.00000117. The van der Waals surface area contributed by atoms with Crippen LogP contribution in [0, 0.1) is 0 Å². The van der Waals surface area contributed by atoms with Gasteiger partial charge >= 0.3 is 0 Å². The summed E-state index contributed by atoms with van der Waals surface area (Å²) in [6.07, 6.45) is 1.64. The second-order valence-corrected chi connectivity index (χ2v) is 6.73. The molecule has 2 aromatic carbocycles. The second kappa shape index (κ2) is 9.55. The molecule has 138 valence electrons. The van der Waals surface area contributed by atoms with Crippen molar-refractivity contribution in [1.29, 1.82) is 0 Å². The first kappa shape index (κ1) is 20.2. The lowest BCUT2D eigenvalue weighted by atomic mass is 10.2. The zero-order valence-electron chi connectivity index (χ0n) is 15.5. The topological polar surface area (TPSA) is 48.7 Å². The van der Waals surface area contributed by atoms with Gasteiger partial charge in [0.05, 0.1) is 10.2 Å². The van der Waals surface area contributed by atoms with Crippen molar-refractivity contribution < 1.29 is 5.11 Å². The van der Waals surface area contributed by atoms with Gasteiger partial charge < -0.3 is 10.0 Å². The fraction of sp³-hybridized carbons (Fsp3) is 0.300. The molecule has 0 aliphatic carbocycles. The van der Waals surface area contributed by atoms with Gasteiger partial charge in [-0.25, -0.2) is 9.98 Å². The Labute approximate surface area is 163 Å². The van der Waals surface area contributed by atoms with Crippen LogP contribution in [0.3, 0.4) is 0 Å². The first-order chi connectivity index (χ1) is 12.6. The zero-order valence-corrected chi connectivity index (χ0v) is 17.1. The minimum absolute atomic E-state index is 0.215. The monoisotopic (exact) mass is 389 g/mol. The molecule has 1 heterocycles. The summed E-state index contributed by atoms with van der Waals surface area (Å²) in [5.74, 6) is 0.215. The highest BCUT2D eigenvalue weighted by Gasteiger charge is 2.07. The van der Waals surface area contributed by atoms with Crippen molar-refractivity contribution in [2.75, 3.05) is 18.0 Å². The van der Waals surface area contributed by atoms with Crippen LogP contribution in [0.2, 0.25) is 5.02 Å². The Morgan fingerprint density at radius 2 is 1.88 bits per heavy atom. The predicted molar refractivity (Wildman–Crippen MR) is 115 cm³/mol. The van der Waals surface area contributed by atoms with Crippen LogP contribution in [0.4, 0.5) is 10.8 Å². The molecule has 6 heteroatoms. The Hall–Kier alpha value is -2.11. The Morgan fingerprint density at radius 1 is 1.15 bits per heavy atom. The number of halogens is 1. The van der Waals surface area contributed by atoms with E-state index in [9.17, 15) is 5.11 Å². The van der Waals surface area contributed by atoms with Gasteiger partial charge in [-0.2, -0.15) is 0 Å². The van der Waals surface area contributed by atoms with E-state index in [2.05, 4.69) is 28.7 Å². The maximum absolute atomic E-state index is 10.2. The van der Waals surface area contributed by atoms with E-state index < -0.39 is 0 Å². The smallest absolute Gasteiger partial charge is 0.210 e. The lowest BCUT2D eigenvalue weighted by Crippen LogP contribution is -2.21. The molecule has 3 rings (SSSR count). The third kappa shape index (κ3) is 4.74. The van der Waals surface area contributed by atoms with Gasteiger partial charge in [-0.15, -0.1) is 0 Å². The number of aromatic nitrogens is 1. The van der Waals surface area contributed by atoms with Crippen molar-refractivity contribution in [3.63, 3.8) is 0 Å².